The number of alkyl halides is 3. The molecule has 1 amide bonds. The first kappa shape index (κ1) is 14.9. The number of oxime groups is 1. The van der Waals surface area contributed by atoms with Gasteiger partial charge < -0.3 is 10.1 Å². The summed E-state index contributed by atoms with van der Waals surface area (Å²) < 4.78 is 37.8. The lowest BCUT2D eigenvalue weighted by molar-refractivity contribution is -0.185. The lowest BCUT2D eigenvalue weighted by Crippen LogP contribution is -2.42. The molecule has 22 heavy (non-hydrogen) atoms. The molecular weight excluding hydrogens is 297 g/mol. The van der Waals surface area contributed by atoms with Crippen molar-refractivity contribution < 1.29 is 23.2 Å². The summed E-state index contributed by atoms with van der Waals surface area (Å²) in [5.41, 5.74) is 0.914. The molecular formula is C15H15F3N2O2. The van der Waals surface area contributed by atoms with Crippen LogP contribution in [0, 0.1) is 5.41 Å². The van der Waals surface area contributed by atoms with E-state index in [2.05, 4.69) is 5.16 Å². The molecule has 1 aliphatic heterocycles. The molecule has 2 atom stereocenters. The van der Waals surface area contributed by atoms with Gasteiger partial charge in [0.15, 0.2) is 0 Å². The highest BCUT2D eigenvalue weighted by atomic mass is 19.4. The molecule has 0 radical (unpaired) electrons. The number of fused-ring (bicyclic) bond motifs is 1. The molecule has 1 aromatic rings. The maximum Gasteiger partial charge on any atom is 0.471 e. The summed E-state index contributed by atoms with van der Waals surface area (Å²) >= 11 is 0. The Kier molecular flexibility index (Phi) is 3.02. The number of benzene rings is 1. The van der Waals surface area contributed by atoms with E-state index in [-0.39, 0.29) is 18.5 Å². The van der Waals surface area contributed by atoms with Crippen LogP contribution in [0.1, 0.15) is 24.5 Å². The molecule has 1 aromatic carbocycles. The number of amides is 1. The zero-order valence-corrected chi connectivity index (χ0v) is 11.9. The summed E-state index contributed by atoms with van der Waals surface area (Å²) in [5, 5.41) is 11.4. The fraction of sp³-hybridized carbons (Fsp3) is 0.467. The Morgan fingerprint density at radius 1 is 1.32 bits per heavy atom. The van der Waals surface area contributed by atoms with Crippen molar-refractivity contribution in [2.45, 2.75) is 24.9 Å². The predicted molar refractivity (Wildman–Crippen MR) is 72.9 cm³/mol. The molecule has 4 nitrogen and oxygen atoms in total. The quantitative estimate of drug-likeness (QED) is 0.518. The van der Waals surface area contributed by atoms with Crippen LogP contribution < -0.4 is 0 Å². The lowest BCUT2D eigenvalue weighted by atomic mass is 9.89. The first-order chi connectivity index (χ1) is 10.2. The normalized spacial score (nSPS) is 30.6. The SMILES string of the molecule is CC12CN(C(=O)C(F)(F)F)CC1(c1ccc(/C=N/O)cc1)C2. The fourth-order valence-corrected chi connectivity index (χ4v) is 3.70. The van der Waals surface area contributed by atoms with Gasteiger partial charge in [0.05, 0.1) is 6.21 Å². The van der Waals surface area contributed by atoms with Gasteiger partial charge in [0.1, 0.15) is 0 Å². The fourth-order valence-electron chi connectivity index (χ4n) is 3.70. The summed E-state index contributed by atoms with van der Waals surface area (Å²) in [6.45, 7) is 2.14. The van der Waals surface area contributed by atoms with Crippen molar-refractivity contribution in [1.29, 1.82) is 0 Å². The van der Waals surface area contributed by atoms with Crippen LogP contribution in [0.15, 0.2) is 29.4 Å². The summed E-state index contributed by atoms with van der Waals surface area (Å²) in [5.74, 6) is -1.76. The molecule has 0 bridgehead atoms. The van der Waals surface area contributed by atoms with E-state index in [9.17, 15) is 18.0 Å². The number of hydrogen-bond acceptors (Lipinski definition) is 3. The Morgan fingerprint density at radius 3 is 2.50 bits per heavy atom. The van der Waals surface area contributed by atoms with Crippen molar-refractivity contribution in [2.75, 3.05) is 13.1 Å². The third-order valence-electron chi connectivity index (χ3n) is 4.92. The van der Waals surface area contributed by atoms with Gasteiger partial charge in [0.2, 0.25) is 0 Å². The van der Waals surface area contributed by atoms with Gasteiger partial charge in [-0.05, 0) is 23.0 Å². The van der Waals surface area contributed by atoms with E-state index in [1.807, 2.05) is 19.1 Å². The number of piperidine rings is 1. The zero-order chi connectivity index (χ0) is 16.2. The Morgan fingerprint density at radius 2 is 1.95 bits per heavy atom. The van der Waals surface area contributed by atoms with Crippen LogP contribution in [0.25, 0.3) is 0 Å². The van der Waals surface area contributed by atoms with Gasteiger partial charge in [-0.3, -0.25) is 4.79 Å². The summed E-state index contributed by atoms with van der Waals surface area (Å²) in [7, 11) is 0. The third kappa shape index (κ3) is 2.07. The smallest absolute Gasteiger partial charge is 0.411 e. The molecule has 2 aliphatic rings. The number of carbonyl (C=O) groups is 1. The average molecular weight is 312 g/mol. The Labute approximate surface area is 125 Å². The van der Waals surface area contributed by atoms with E-state index in [4.69, 9.17) is 5.21 Å². The maximum atomic E-state index is 12.6. The van der Waals surface area contributed by atoms with Crippen molar-refractivity contribution in [1.82, 2.24) is 4.90 Å². The number of carbonyl (C=O) groups excluding carboxylic acids is 1. The van der Waals surface area contributed by atoms with Crippen LogP contribution >= 0.6 is 0 Å². The first-order valence-corrected chi connectivity index (χ1v) is 6.86. The van der Waals surface area contributed by atoms with Gasteiger partial charge in [-0.1, -0.05) is 36.3 Å². The minimum atomic E-state index is -4.82. The monoisotopic (exact) mass is 312 g/mol. The molecule has 0 spiro atoms. The van der Waals surface area contributed by atoms with Crippen molar-refractivity contribution in [2.24, 2.45) is 10.6 Å². The summed E-state index contributed by atoms with van der Waals surface area (Å²) in [6, 6.07) is 7.14. The van der Waals surface area contributed by atoms with Crippen LogP contribution in [-0.2, 0) is 10.2 Å². The van der Waals surface area contributed by atoms with Gasteiger partial charge in [0, 0.05) is 18.5 Å². The van der Waals surface area contributed by atoms with Crippen molar-refractivity contribution >= 4 is 12.1 Å². The highest BCUT2D eigenvalue weighted by Crippen LogP contribution is 2.68. The van der Waals surface area contributed by atoms with E-state index in [1.54, 1.807) is 12.1 Å². The van der Waals surface area contributed by atoms with E-state index in [0.717, 1.165) is 16.9 Å². The molecule has 1 saturated carbocycles. The molecule has 1 aliphatic carbocycles. The molecule has 1 N–H and O–H groups in total. The van der Waals surface area contributed by atoms with Crippen LogP contribution in [0.3, 0.4) is 0 Å². The molecule has 118 valence electrons. The second-order valence-electron chi connectivity index (χ2n) is 6.35. The summed E-state index contributed by atoms with van der Waals surface area (Å²) in [4.78, 5) is 12.4. The maximum absolute atomic E-state index is 12.6. The Balaban J connectivity index is 1.84. The van der Waals surface area contributed by atoms with E-state index >= 15 is 0 Å². The molecule has 7 heteroatoms. The highest BCUT2D eigenvalue weighted by molar-refractivity contribution is 5.83. The number of rotatable bonds is 2. The number of likely N-dealkylation sites (tertiary alicyclic amines) is 1. The zero-order valence-electron chi connectivity index (χ0n) is 11.9. The molecule has 2 unspecified atom stereocenters. The van der Waals surface area contributed by atoms with Crippen LogP contribution in [0.2, 0.25) is 0 Å². The minimum Gasteiger partial charge on any atom is -0.411 e. The predicted octanol–water partition coefficient (Wildman–Crippen LogP) is 2.55. The van der Waals surface area contributed by atoms with Crippen LogP contribution in [-0.4, -0.2) is 41.5 Å². The lowest BCUT2D eigenvalue weighted by Gasteiger charge is -2.22. The molecule has 2 fully saturated rings. The molecule has 0 aromatic heterocycles. The second kappa shape index (κ2) is 4.47. The van der Waals surface area contributed by atoms with Crippen LogP contribution in [0.4, 0.5) is 13.2 Å². The minimum absolute atomic E-state index is 0.0925. The third-order valence-corrected chi connectivity index (χ3v) is 4.92. The number of halogens is 3. The molecule has 3 rings (SSSR count). The van der Waals surface area contributed by atoms with E-state index in [0.29, 0.717) is 5.56 Å². The number of hydrogen-bond donors (Lipinski definition) is 1. The summed E-state index contributed by atoms with van der Waals surface area (Å²) in [6.07, 6.45) is -2.77. The van der Waals surface area contributed by atoms with Gasteiger partial charge >= 0.3 is 12.1 Å². The van der Waals surface area contributed by atoms with Crippen LogP contribution in [0.5, 0.6) is 0 Å². The average Bonchev–Trinajstić information content (AvgIpc) is 2.92. The number of nitrogens with zero attached hydrogens (tertiary/aromatic N) is 2. The van der Waals surface area contributed by atoms with E-state index < -0.39 is 17.5 Å². The van der Waals surface area contributed by atoms with Gasteiger partial charge in [-0.2, -0.15) is 13.2 Å². The second-order valence-corrected chi connectivity index (χ2v) is 6.35. The van der Waals surface area contributed by atoms with Gasteiger partial charge in [-0.15, -0.1) is 0 Å². The highest BCUT2D eigenvalue weighted by Gasteiger charge is 2.71. The topological polar surface area (TPSA) is 52.9 Å². The standard InChI is InChI=1S/C15H15F3N2O2/c1-13-7-14(13,9-20(8-13)12(21)15(16,17)18)11-4-2-10(3-5-11)6-19-22/h2-6,22H,7-9H2,1H3/b19-6+. The molecule has 1 saturated heterocycles. The van der Waals surface area contributed by atoms with Gasteiger partial charge in [0.25, 0.3) is 0 Å². The van der Waals surface area contributed by atoms with Gasteiger partial charge in [-0.25, -0.2) is 0 Å². The van der Waals surface area contributed by atoms with Crippen molar-refractivity contribution in [3.63, 3.8) is 0 Å². The largest absolute Gasteiger partial charge is 0.471 e. The molecule has 1 heterocycles. The van der Waals surface area contributed by atoms with Crippen molar-refractivity contribution in [3.8, 4) is 0 Å². The van der Waals surface area contributed by atoms with Crippen molar-refractivity contribution in [3.05, 3.63) is 35.4 Å². The first-order valence-electron chi connectivity index (χ1n) is 6.86. The Hall–Kier alpha value is -2.05. The van der Waals surface area contributed by atoms with E-state index in [1.165, 1.54) is 6.21 Å². The Bertz CT molecular complexity index is 641.